The molecule has 0 radical (unpaired) electrons. The third-order valence-corrected chi connectivity index (χ3v) is 4.91. The number of carbonyl (C=O) groups excluding carboxylic acids is 1. The van der Waals surface area contributed by atoms with E-state index in [1.165, 1.54) is 0 Å². The number of anilines is 1. The van der Waals surface area contributed by atoms with Crippen molar-refractivity contribution in [2.75, 3.05) is 12.8 Å². The van der Waals surface area contributed by atoms with Gasteiger partial charge in [-0.05, 0) is 42.0 Å². The number of imidazole rings is 1. The first kappa shape index (κ1) is 17.8. The molecule has 1 heterocycles. The summed E-state index contributed by atoms with van der Waals surface area (Å²) in [5.74, 6) is 1.29. The summed E-state index contributed by atoms with van der Waals surface area (Å²) in [4.78, 5) is 12.9. The fraction of sp³-hybridized carbons (Fsp3) is 0.130. The second-order valence-corrected chi connectivity index (χ2v) is 6.66. The number of aromatic nitrogens is 2. The maximum Gasteiger partial charge on any atom is 0.356 e. The van der Waals surface area contributed by atoms with Gasteiger partial charge in [-0.3, -0.25) is 10.5 Å². The Kier molecular flexibility index (Phi) is 4.81. The number of rotatable bonds is 6. The molecule has 5 nitrogen and oxygen atoms in total. The van der Waals surface area contributed by atoms with Gasteiger partial charge in [0, 0.05) is 5.56 Å². The van der Waals surface area contributed by atoms with Crippen molar-refractivity contribution < 1.29 is 14.1 Å². The van der Waals surface area contributed by atoms with E-state index in [2.05, 4.69) is 12.1 Å². The van der Waals surface area contributed by atoms with Crippen LogP contribution in [-0.2, 0) is 13.1 Å². The molecule has 0 aliphatic heterocycles. The minimum absolute atomic E-state index is 0.00182. The SMILES string of the molecule is COc1ccc(C(=O)Cn2c(N)[n+](Cc3ccccc3)c3ccccc32)cc1. The van der Waals surface area contributed by atoms with Crippen LogP contribution >= 0.6 is 0 Å². The molecule has 1 aromatic heterocycles. The highest BCUT2D eigenvalue weighted by atomic mass is 16.5. The first-order valence-electron chi connectivity index (χ1n) is 9.15. The molecule has 0 atom stereocenters. The average Bonchev–Trinajstić information content (AvgIpc) is 3.00. The summed E-state index contributed by atoms with van der Waals surface area (Å²) in [6.07, 6.45) is 0. The summed E-state index contributed by atoms with van der Waals surface area (Å²) < 4.78 is 9.09. The molecule has 2 N–H and O–H groups in total. The van der Waals surface area contributed by atoms with Crippen LogP contribution in [0.15, 0.2) is 78.9 Å². The minimum Gasteiger partial charge on any atom is -0.497 e. The van der Waals surface area contributed by atoms with Crippen LogP contribution in [-0.4, -0.2) is 17.5 Å². The summed E-state index contributed by atoms with van der Waals surface area (Å²) in [7, 11) is 1.61. The molecule has 5 heteroatoms. The lowest BCUT2D eigenvalue weighted by Crippen LogP contribution is -2.37. The molecule has 0 aliphatic rings. The second kappa shape index (κ2) is 7.56. The van der Waals surface area contributed by atoms with Crippen LogP contribution in [0.2, 0.25) is 0 Å². The Balaban J connectivity index is 1.70. The van der Waals surface area contributed by atoms with Gasteiger partial charge in [-0.15, -0.1) is 0 Å². The van der Waals surface area contributed by atoms with Crippen molar-refractivity contribution in [2.45, 2.75) is 13.1 Å². The number of hydrogen-bond donors (Lipinski definition) is 1. The van der Waals surface area contributed by atoms with E-state index in [-0.39, 0.29) is 12.3 Å². The molecule has 0 saturated heterocycles. The Labute approximate surface area is 163 Å². The number of ether oxygens (including phenoxy) is 1. The highest BCUT2D eigenvalue weighted by Gasteiger charge is 2.23. The van der Waals surface area contributed by atoms with Gasteiger partial charge in [-0.1, -0.05) is 42.5 Å². The number of benzene rings is 3. The molecule has 0 saturated carbocycles. The predicted molar refractivity (Wildman–Crippen MR) is 109 cm³/mol. The Morgan fingerprint density at radius 2 is 1.64 bits per heavy atom. The molecule has 0 unspecified atom stereocenters. The zero-order valence-electron chi connectivity index (χ0n) is 15.7. The standard InChI is InChI=1S/C23H21N3O2/c1-28-19-13-11-18(12-14-19)22(27)16-26-21-10-6-5-9-20(21)25(23(26)24)15-17-7-3-2-4-8-17/h2-14,24H,15-16H2,1H3/p+1. The maximum absolute atomic E-state index is 12.9. The van der Waals surface area contributed by atoms with Gasteiger partial charge in [-0.2, -0.15) is 0 Å². The van der Waals surface area contributed by atoms with E-state index in [0.717, 1.165) is 22.3 Å². The van der Waals surface area contributed by atoms with Crippen LogP contribution in [0.25, 0.3) is 11.0 Å². The number of Topliss-reactive ketones (excluding diaryl/α,β-unsaturated/α-hetero) is 1. The Hall–Kier alpha value is -3.60. The van der Waals surface area contributed by atoms with E-state index in [4.69, 9.17) is 10.5 Å². The van der Waals surface area contributed by atoms with Gasteiger partial charge in [0.05, 0.1) is 13.7 Å². The lowest BCUT2D eigenvalue weighted by atomic mass is 10.1. The summed E-state index contributed by atoms with van der Waals surface area (Å²) in [5.41, 5.74) is 10.2. The van der Waals surface area contributed by atoms with Crippen molar-refractivity contribution in [1.29, 1.82) is 0 Å². The lowest BCUT2D eigenvalue weighted by molar-refractivity contribution is -0.648. The molecule has 140 valence electrons. The van der Waals surface area contributed by atoms with E-state index in [1.54, 1.807) is 31.4 Å². The van der Waals surface area contributed by atoms with Crippen molar-refractivity contribution >= 4 is 22.8 Å². The molecular formula is C23H22N3O2+. The van der Waals surface area contributed by atoms with Gasteiger partial charge in [0.1, 0.15) is 23.3 Å². The zero-order chi connectivity index (χ0) is 19.5. The summed E-state index contributed by atoms with van der Waals surface area (Å²) >= 11 is 0. The first-order valence-corrected chi connectivity index (χ1v) is 9.15. The topological polar surface area (TPSA) is 61.1 Å². The molecule has 0 fully saturated rings. The van der Waals surface area contributed by atoms with Crippen LogP contribution in [0, 0.1) is 0 Å². The van der Waals surface area contributed by atoms with Crippen LogP contribution in [0.3, 0.4) is 0 Å². The summed E-state index contributed by atoms with van der Waals surface area (Å²) in [6.45, 7) is 0.831. The Morgan fingerprint density at radius 1 is 0.964 bits per heavy atom. The zero-order valence-corrected chi connectivity index (χ0v) is 15.7. The monoisotopic (exact) mass is 372 g/mol. The molecule has 0 aliphatic carbocycles. The number of nitrogens with two attached hydrogens (primary N) is 1. The molecule has 28 heavy (non-hydrogen) atoms. The van der Waals surface area contributed by atoms with Gasteiger partial charge in [-0.25, -0.2) is 9.13 Å². The van der Waals surface area contributed by atoms with Crippen molar-refractivity contribution in [3.63, 3.8) is 0 Å². The number of nitrogens with zero attached hydrogens (tertiary/aromatic N) is 2. The third-order valence-electron chi connectivity index (χ3n) is 4.91. The van der Waals surface area contributed by atoms with E-state index < -0.39 is 0 Å². The van der Waals surface area contributed by atoms with E-state index in [1.807, 2.05) is 51.6 Å². The van der Waals surface area contributed by atoms with Crippen LogP contribution in [0.1, 0.15) is 15.9 Å². The van der Waals surface area contributed by atoms with Crippen molar-refractivity contribution in [1.82, 2.24) is 4.57 Å². The molecule has 0 spiro atoms. The van der Waals surface area contributed by atoms with Crippen LogP contribution in [0.4, 0.5) is 5.95 Å². The van der Waals surface area contributed by atoms with Crippen LogP contribution in [0.5, 0.6) is 5.75 Å². The fourth-order valence-electron chi connectivity index (χ4n) is 3.42. The number of fused-ring (bicyclic) bond motifs is 1. The van der Waals surface area contributed by atoms with E-state index >= 15 is 0 Å². The average molecular weight is 372 g/mol. The molecule has 0 bridgehead atoms. The van der Waals surface area contributed by atoms with Gasteiger partial charge >= 0.3 is 5.95 Å². The van der Waals surface area contributed by atoms with E-state index in [0.29, 0.717) is 18.1 Å². The van der Waals surface area contributed by atoms with Crippen molar-refractivity contribution in [3.05, 3.63) is 90.0 Å². The van der Waals surface area contributed by atoms with Gasteiger partial charge < -0.3 is 4.74 Å². The Bertz CT molecular complexity index is 1120. The van der Waals surface area contributed by atoms with Crippen molar-refractivity contribution in [2.24, 2.45) is 0 Å². The third kappa shape index (κ3) is 3.34. The highest BCUT2D eigenvalue weighted by Crippen LogP contribution is 2.19. The Morgan fingerprint density at radius 3 is 2.36 bits per heavy atom. The quantitative estimate of drug-likeness (QED) is 0.417. The molecule has 4 aromatic rings. The number of carbonyl (C=O) groups is 1. The lowest BCUT2D eigenvalue weighted by Gasteiger charge is -2.04. The highest BCUT2D eigenvalue weighted by molar-refractivity contribution is 5.97. The molecule has 4 rings (SSSR count). The maximum atomic E-state index is 12.9. The number of nitrogen functional groups attached to an aromatic ring is 1. The van der Waals surface area contributed by atoms with Gasteiger partial charge in [0.15, 0.2) is 5.78 Å². The first-order chi connectivity index (χ1) is 13.7. The fourth-order valence-corrected chi connectivity index (χ4v) is 3.42. The normalized spacial score (nSPS) is 10.9. The smallest absolute Gasteiger partial charge is 0.356 e. The van der Waals surface area contributed by atoms with Crippen molar-refractivity contribution in [3.8, 4) is 5.75 Å². The number of hydrogen-bond acceptors (Lipinski definition) is 3. The molecule has 0 amide bonds. The van der Waals surface area contributed by atoms with Gasteiger partial charge in [0.2, 0.25) is 0 Å². The van der Waals surface area contributed by atoms with Gasteiger partial charge in [0.25, 0.3) is 0 Å². The minimum atomic E-state index is 0.00182. The van der Waals surface area contributed by atoms with Crippen LogP contribution < -0.4 is 15.0 Å². The number of ketones is 1. The molecular weight excluding hydrogens is 350 g/mol. The second-order valence-electron chi connectivity index (χ2n) is 6.66. The largest absolute Gasteiger partial charge is 0.497 e. The number of para-hydroxylation sites is 2. The predicted octanol–water partition coefficient (Wildman–Crippen LogP) is 3.45. The summed E-state index contributed by atoms with van der Waals surface area (Å²) in [6, 6.07) is 25.3. The number of methoxy groups -OCH3 is 1. The summed E-state index contributed by atoms with van der Waals surface area (Å²) in [5, 5.41) is 0. The van der Waals surface area contributed by atoms with E-state index in [9.17, 15) is 4.79 Å². The molecule has 3 aromatic carbocycles.